The van der Waals surface area contributed by atoms with E-state index in [9.17, 15) is 9.59 Å². The molecule has 0 unspecified atom stereocenters. The fourth-order valence-electron chi connectivity index (χ4n) is 3.32. The van der Waals surface area contributed by atoms with E-state index in [1.807, 2.05) is 43.3 Å². The zero-order chi connectivity index (χ0) is 16.2. The molecule has 0 aromatic heterocycles. The average molecular weight is 307 g/mol. The minimum atomic E-state index is -0.195. The molecule has 0 heterocycles. The van der Waals surface area contributed by atoms with Crippen molar-refractivity contribution in [2.24, 2.45) is 0 Å². The molecule has 2 aromatic carbocycles. The summed E-state index contributed by atoms with van der Waals surface area (Å²) >= 11 is 0. The Morgan fingerprint density at radius 2 is 1.74 bits per heavy atom. The maximum atomic E-state index is 13.0. The van der Waals surface area contributed by atoms with Gasteiger partial charge in [0.2, 0.25) is 5.91 Å². The molecule has 2 aromatic rings. The van der Waals surface area contributed by atoms with Crippen molar-refractivity contribution in [3.8, 4) is 0 Å². The molecule has 0 saturated carbocycles. The Morgan fingerprint density at radius 1 is 1.04 bits per heavy atom. The predicted octanol–water partition coefficient (Wildman–Crippen LogP) is 4.14. The third kappa shape index (κ3) is 3.04. The molecule has 0 N–H and O–H groups in total. The number of carbonyl (C=O) groups excluding carboxylic acids is 2. The topological polar surface area (TPSA) is 37.4 Å². The molecule has 1 aliphatic carbocycles. The Hall–Kier alpha value is -2.42. The number of imide groups is 1. The number of amides is 2. The Kier molecular flexibility index (Phi) is 4.56. The summed E-state index contributed by atoms with van der Waals surface area (Å²) in [5, 5.41) is 0. The molecule has 0 radical (unpaired) electrons. The van der Waals surface area contributed by atoms with Gasteiger partial charge in [0.25, 0.3) is 5.91 Å². The van der Waals surface area contributed by atoms with Gasteiger partial charge in [0.15, 0.2) is 0 Å². The number of hydrogen-bond donors (Lipinski definition) is 0. The second-order valence-electron chi connectivity index (χ2n) is 5.90. The monoisotopic (exact) mass is 307 g/mol. The van der Waals surface area contributed by atoms with E-state index in [4.69, 9.17) is 0 Å². The molecule has 0 saturated heterocycles. The summed E-state index contributed by atoms with van der Waals surface area (Å²) < 4.78 is 0. The number of carbonyl (C=O) groups is 2. The van der Waals surface area contributed by atoms with Crippen molar-refractivity contribution in [3.63, 3.8) is 0 Å². The number of aryl methyl sites for hydroxylation is 1. The van der Waals surface area contributed by atoms with Crippen LogP contribution in [0.5, 0.6) is 0 Å². The van der Waals surface area contributed by atoms with Gasteiger partial charge < -0.3 is 0 Å². The summed E-state index contributed by atoms with van der Waals surface area (Å²) in [6, 6.07) is 17.1. The maximum Gasteiger partial charge on any atom is 0.261 e. The van der Waals surface area contributed by atoms with Gasteiger partial charge in [0.1, 0.15) is 0 Å². The standard InChI is InChI=1S/C20H21NO2/c1-2-19(22)21(20(23)16-10-4-3-5-11-16)18-14-8-12-15-9-6-7-13-17(15)18/h3-7,9-11,13,18H,2,8,12,14H2,1H3/t18-/m0/s1. The number of benzene rings is 2. The molecule has 3 rings (SSSR count). The van der Waals surface area contributed by atoms with E-state index in [2.05, 4.69) is 6.07 Å². The van der Waals surface area contributed by atoms with Crippen molar-refractivity contribution in [1.29, 1.82) is 0 Å². The second-order valence-corrected chi connectivity index (χ2v) is 5.90. The molecule has 1 atom stereocenters. The number of rotatable bonds is 3. The highest BCUT2D eigenvalue weighted by atomic mass is 16.2. The zero-order valence-corrected chi connectivity index (χ0v) is 13.4. The molecule has 0 bridgehead atoms. The van der Waals surface area contributed by atoms with Crippen LogP contribution in [0.25, 0.3) is 0 Å². The molecule has 118 valence electrons. The molecule has 0 aliphatic heterocycles. The average Bonchev–Trinajstić information content (AvgIpc) is 2.62. The first-order valence-corrected chi connectivity index (χ1v) is 8.21. The van der Waals surface area contributed by atoms with Crippen molar-refractivity contribution in [2.75, 3.05) is 0 Å². The lowest BCUT2D eigenvalue weighted by atomic mass is 9.86. The summed E-state index contributed by atoms with van der Waals surface area (Å²) in [5.74, 6) is -0.306. The van der Waals surface area contributed by atoms with Gasteiger partial charge in [-0.05, 0) is 42.5 Å². The number of fused-ring (bicyclic) bond motifs is 1. The fraction of sp³-hybridized carbons (Fsp3) is 0.300. The molecule has 3 nitrogen and oxygen atoms in total. The molecular weight excluding hydrogens is 286 g/mol. The lowest BCUT2D eigenvalue weighted by Gasteiger charge is -2.34. The van der Waals surface area contributed by atoms with E-state index in [0.717, 1.165) is 24.8 Å². The second kappa shape index (κ2) is 6.78. The van der Waals surface area contributed by atoms with Gasteiger partial charge in [-0.15, -0.1) is 0 Å². The highest BCUT2D eigenvalue weighted by Gasteiger charge is 2.33. The van der Waals surface area contributed by atoms with E-state index in [0.29, 0.717) is 12.0 Å². The van der Waals surface area contributed by atoms with Crippen molar-refractivity contribution in [2.45, 2.75) is 38.6 Å². The van der Waals surface area contributed by atoms with Crippen LogP contribution >= 0.6 is 0 Å². The molecule has 23 heavy (non-hydrogen) atoms. The van der Waals surface area contributed by atoms with Crippen LogP contribution in [0.15, 0.2) is 54.6 Å². The van der Waals surface area contributed by atoms with Crippen molar-refractivity contribution < 1.29 is 9.59 Å². The van der Waals surface area contributed by atoms with E-state index < -0.39 is 0 Å². The van der Waals surface area contributed by atoms with Crippen molar-refractivity contribution >= 4 is 11.8 Å². The van der Waals surface area contributed by atoms with Gasteiger partial charge in [-0.1, -0.05) is 49.4 Å². The molecule has 3 heteroatoms. The van der Waals surface area contributed by atoms with Gasteiger partial charge in [-0.3, -0.25) is 14.5 Å². The largest absolute Gasteiger partial charge is 0.274 e. The Morgan fingerprint density at radius 3 is 2.48 bits per heavy atom. The van der Waals surface area contributed by atoms with Gasteiger partial charge >= 0.3 is 0 Å². The Bertz CT molecular complexity index is 709. The van der Waals surface area contributed by atoms with Gasteiger partial charge in [0, 0.05) is 12.0 Å². The summed E-state index contributed by atoms with van der Waals surface area (Å²) in [6.07, 6.45) is 3.18. The minimum absolute atomic E-state index is 0.111. The fourth-order valence-corrected chi connectivity index (χ4v) is 3.32. The summed E-state index contributed by atoms with van der Waals surface area (Å²) in [7, 11) is 0. The zero-order valence-electron chi connectivity index (χ0n) is 13.4. The number of nitrogens with zero attached hydrogens (tertiary/aromatic N) is 1. The smallest absolute Gasteiger partial charge is 0.261 e. The van der Waals surface area contributed by atoms with E-state index >= 15 is 0 Å². The van der Waals surface area contributed by atoms with Crippen LogP contribution in [0.4, 0.5) is 0 Å². The van der Waals surface area contributed by atoms with Crippen LogP contribution in [0, 0.1) is 0 Å². The van der Waals surface area contributed by atoms with Crippen LogP contribution in [-0.4, -0.2) is 16.7 Å². The Labute approximate surface area is 136 Å². The van der Waals surface area contributed by atoms with Gasteiger partial charge in [-0.2, -0.15) is 0 Å². The van der Waals surface area contributed by atoms with E-state index in [-0.39, 0.29) is 17.9 Å². The Balaban J connectivity index is 2.01. The summed E-state index contributed by atoms with van der Waals surface area (Å²) in [6.45, 7) is 1.81. The summed E-state index contributed by atoms with van der Waals surface area (Å²) in [5.41, 5.74) is 2.93. The van der Waals surface area contributed by atoms with Crippen LogP contribution in [-0.2, 0) is 11.2 Å². The molecular formula is C20H21NO2. The van der Waals surface area contributed by atoms with Crippen LogP contribution in [0.3, 0.4) is 0 Å². The number of hydrogen-bond acceptors (Lipinski definition) is 2. The first kappa shape index (κ1) is 15.5. The normalized spacial score (nSPS) is 16.5. The van der Waals surface area contributed by atoms with Crippen molar-refractivity contribution in [3.05, 3.63) is 71.3 Å². The first-order valence-electron chi connectivity index (χ1n) is 8.21. The van der Waals surface area contributed by atoms with Crippen LogP contribution < -0.4 is 0 Å². The SMILES string of the molecule is CCC(=O)N(C(=O)c1ccccc1)[C@H]1CCCc2ccccc21. The molecule has 0 spiro atoms. The van der Waals surface area contributed by atoms with Crippen LogP contribution in [0.2, 0.25) is 0 Å². The highest BCUT2D eigenvalue weighted by Crippen LogP contribution is 2.35. The maximum absolute atomic E-state index is 13.0. The molecule has 1 aliphatic rings. The third-order valence-electron chi connectivity index (χ3n) is 4.46. The van der Waals surface area contributed by atoms with Gasteiger partial charge in [-0.25, -0.2) is 0 Å². The molecule has 0 fully saturated rings. The van der Waals surface area contributed by atoms with E-state index in [1.54, 1.807) is 12.1 Å². The van der Waals surface area contributed by atoms with Crippen molar-refractivity contribution in [1.82, 2.24) is 4.90 Å². The predicted molar refractivity (Wildman–Crippen MR) is 90.0 cm³/mol. The first-order chi connectivity index (χ1) is 11.2. The third-order valence-corrected chi connectivity index (χ3v) is 4.46. The quantitative estimate of drug-likeness (QED) is 0.854. The summed E-state index contributed by atoms with van der Waals surface area (Å²) in [4.78, 5) is 27.0. The molecule has 2 amide bonds. The van der Waals surface area contributed by atoms with Crippen LogP contribution in [0.1, 0.15) is 53.7 Å². The lowest BCUT2D eigenvalue weighted by molar-refractivity contribution is -0.130. The highest BCUT2D eigenvalue weighted by molar-refractivity contribution is 6.05. The van der Waals surface area contributed by atoms with E-state index in [1.165, 1.54) is 10.5 Å². The van der Waals surface area contributed by atoms with Gasteiger partial charge in [0.05, 0.1) is 6.04 Å². The minimum Gasteiger partial charge on any atom is -0.274 e. The lowest BCUT2D eigenvalue weighted by Crippen LogP contribution is -2.41.